The highest BCUT2D eigenvalue weighted by molar-refractivity contribution is 5.38. The van der Waals surface area contributed by atoms with Crippen LogP contribution < -0.4 is 10.6 Å². The molecule has 1 aliphatic heterocycles. The summed E-state index contributed by atoms with van der Waals surface area (Å²) >= 11 is 0. The lowest BCUT2D eigenvalue weighted by atomic mass is 10.1. The van der Waals surface area contributed by atoms with E-state index >= 15 is 0 Å². The summed E-state index contributed by atoms with van der Waals surface area (Å²) in [5.41, 5.74) is 5.65. The molecule has 1 saturated heterocycles. The molecule has 0 saturated carbocycles. The van der Waals surface area contributed by atoms with E-state index in [4.69, 9.17) is 5.73 Å². The molecule has 1 aromatic heterocycles. The number of pyridine rings is 1. The number of hydrogen-bond acceptors (Lipinski definition) is 4. The lowest BCUT2D eigenvalue weighted by molar-refractivity contribution is 0.247. The molecule has 4 nitrogen and oxygen atoms in total. The van der Waals surface area contributed by atoms with Gasteiger partial charge in [0.1, 0.15) is 5.82 Å². The smallest absolute Gasteiger partial charge is 0.128 e. The topological polar surface area (TPSA) is 45.4 Å². The highest BCUT2D eigenvalue weighted by Crippen LogP contribution is 2.13. The van der Waals surface area contributed by atoms with E-state index in [1.807, 2.05) is 12.3 Å². The Hall–Kier alpha value is -1.13. The molecule has 1 atom stereocenters. The van der Waals surface area contributed by atoms with Crippen molar-refractivity contribution in [1.29, 1.82) is 0 Å². The van der Waals surface area contributed by atoms with Gasteiger partial charge in [-0.3, -0.25) is 4.90 Å². The molecule has 0 amide bonds. The number of nitrogens with two attached hydrogens (primary N) is 1. The van der Waals surface area contributed by atoms with Crippen LogP contribution in [0.15, 0.2) is 24.4 Å². The van der Waals surface area contributed by atoms with Crippen molar-refractivity contribution in [2.75, 3.05) is 44.2 Å². The molecule has 2 rings (SSSR count). The quantitative estimate of drug-likeness (QED) is 0.845. The Balaban J connectivity index is 1.68. The zero-order chi connectivity index (χ0) is 13.5. The molecule has 1 aromatic rings. The Labute approximate surface area is 116 Å². The molecule has 2 N–H and O–H groups in total. The molecule has 0 aromatic carbocycles. The Bertz CT molecular complexity index is 346. The van der Waals surface area contributed by atoms with E-state index in [0.717, 1.165) is 38.5 Å². The van der Waals surface area contributed by atoms with Crippen LogP contribution in [0.3, 0.4) is 0 Å². The fraction of sp³-hybridized carbons (Fsp3) is 0.667. The van der Waals surface area contributed by atoms with E-state index < -0.39 is 0 Å². The molecule has 1 aliphatic rings. The van der Waals surface area contributed by atoms with Crippen LogP contribution in [-0.2, 0) is 0 Å². The Morgan fingerprint density at radius 2 is 2.05 bits per heavy atom. The van der Waals surface area contributed by atoms with E-state index in [9.17, 15) is 0 Å². The van der Waals surface area contributed by atoms with Crippen molar-refractivity contribution in [2.45, 2.75) is 19.8 Å². The van der Waals surface area contributed by atoms with Crippen LogP contribution in [0, 0.1) is 5.92 Å². The molecule has 0 bridgehead atoms. The highest BCUT2D eigenvalue weighted by Gasteiger charge is 2.17. The van der Waals surface area contributed by atoms with Gasteiger partial charge in [0.15, 0.2) is 0 Å². The average Bonchev–Trinajstić information content (AvgIpc) is 2.48. The first kappa shape index (κ1) is 14.3. The minimum atomic E-state index is 0.662. The van der Waals surface area contributed by atoms with Gasteiger partial charge >= 0.3 is 0 Å². The summed E-state index contributed by atoms with van der Waals surface area (Å²) in [4.78, 5) is 9.35. The highest BCUT2D eigenvalue weighted by atomic mass is 15.3. The van der Waals surface area contributed by atoms with Gasteiger partial charge in [-0.25, -0.2) is 4.98 Å². The average molecular weight is 262 g/mol. The second kappa shape index (κ2) is 7.46. The van der Waals surface area contributed by atoms with Gasteiger partial charge in [0.05, 0.1) is 0 Å². The number of piperazine rings is 1. The predicted molar refractivity (Wildman–Crippen MR) is 80.3 cm³/mol. The van der Waals surface area contributed by atoms with Gasteiger partial charge in [0, 0.05) is 32.4 Å². The van der Waals surface area contributed by atoms with Gasteiger partial charge in [-0.1, -0.05) is 13.0 Å². The number of hydrogen-bond donors (Lipinski definition) is 1. The largest absolute Gasteiger partial charge is 0.354 e. The standard InChI is InChI=1S/C15H26N4/c1-14(13-16)5-4-8-18-9-11-19(12-10-18)15-6-2-3-7-17-15/h2-3,6-7,14H,4-5,8-13,16H2,1H3. The van der Waals surface area contributed by atoms with Crippen LogP contribution in [0.1, 0.15) is 19.8 Å². The fourth-order valence-corrected chi connectivity index (χ4v) is 2.52. The molecule has 19 heavy (non-hydrogen) atoms. The number of aromatic nitrogens is 1. The zero-order valence-electron chi connectivity index (χ0n) is 12.0. The van der Waals surface area contributed by atoms with Crippen LogP contribution in [0.25, 0.3) is 0 Å². The summed E-state index contributed by atoms with van der Waals surface area (Å²) in [6.45, 7) is 8.72. The van der Waals surface area contributed by atoms with E-state index in [0.29, 0.717) is 5.92 Å². The maximum atomic E-state index is 5.65. The molecular formula is C15H26N4. The van der Waals surface area contributed by atoms with Gasteiger partial charge in [0.25, 0.3) is 0 Å². The van der Waals surface area contributed by atoms with E-state index in [1.165, 1.54) is 19.4 Å². The second-order valence-corrected chi connectivity index (χ2v) is 5.50. The molecule has 0 radical (unpaired) electrons. The molecule has 0 spiro atoms. The number of rotatable bonds is 6. The number of anilines is 1. The van der Waals surface area contributed by atoms with E-state index in [1.54, 1.807) is 0 Å². The Kier molecular flexibility index (Phi) is 5.61. The predicted octanol–water partition coefficient (Wildman–Crippen LogP) is 1.58. The molecule has 0 aliphatic carbocycles. The minimum Gasteiger partial charge on any atom is -0.354 e. The van der Waals surface area contributed by atoms with Crippen molar-refractivity contribution in [1.82, 2.24) is 9.88 Å². The summed E-state index contributed by atoms with van der Waals surface area (Å²) in [6, 6.07) is 6.12. The first-order valence-electron chi connectivity index (χ1n) is 7.38. The van der Waals surface area contributed by atoms with Gasteiger partial charge < -0.3 is 10.6 Å². The van der Waals surface area contributed by atoms with Crippen LogP contribution in [0.2, 0.25) is 0 Å². The first-order chi connectivity index (χ1) is 9.29. The van der Waals surface area contributed by atoms with Crippen molar-refractivity contribution in [3.8, 4) is 0 Å². The second-order valence-electron chi connectivity index (χ2n) is 5.50. The first-order valence-corrected chi connectivity index (χ1v) is 7.38. The van der Waals surface area contributed by atoms with Crippen LogP contribution >= 0.6 is 0 Å². The zero-order valence-corrected chi connectivity index (χ0v) is 12.0. The van der Waals surface area contributed by atoms with Crippen LogP contribution in [-0.4, -0.2) is 49.2 Å². The van der Waals surface area contributed by atoms with Crippen molar-refractivity contribution in [3.63, 3.8) is 0 Å². The maximum Gasteiger partial charge on any atom is 0.128 e. The lowest BCUT2D eigenvalue weighted by Crippen LogP contribution is -2.46. The number of nitrogens with zero attached hydrogens (tertiary/aromatic N) is 3. The Morgan fingerprint density at radius 3 is 2.68 bits per heavy atom. The van der Waals surface area contributed by atoms with Gasteiger partial charge in [-0.2, -0.15) is 0 Å². The van der Waals surface area contributed by atoms with Crippen LogP contribution in [0.5, 0.6) is 0 Å². The van der Waals surface area contributed by atoms with E-state index in [-0.39, 0.29) is 0 Å². The summed E-state index contributed by atoms with van der Waals surface area (Å²) in [7, 11) is 0. The normalized spacial score (nSPS) is 18.5. The third-order valence-corrected chi connectivity index (χ3v) is 3.92. The molecule has 106 valence electrons. The lowest BCUT2D eigenvalue weighted by Gasteiger charge is -2.35. The molecule has 2 heterocycles. The fourth-order valence-electron chi connectivity index (χ4n) is 2.52. The van der Waals surface area contributed by atoms with Crippen molar-refractivity contribution in [2.24, 2.45) is 11.7 Å². The maximum absolute atomic E-state index is 5.65. The molecule has 1 fully saturated rings. The molecular weight excluding hydrogens is 236 g/mol. The third kappa shape index (κ3) is 4.48. The SMILES string of the molecule is CC(CN)CCCN1CCN(c2ccccn2)CC1. The summed E-state index contributed by atoms with van der Waals surface area (Å²) in [5.74, 6) is 1.77. The summed E-state index contributed by atoms with van der Waals surface area (Å²) in [6.07, 6.45) is 4.38. The van der Waals surface area contributed by atoms with Gasteiger partial charge in [-0.05, 0) is 44.0 Å². The Morgan fingerprint density at radius 1 is 1.26 bits per heavy atom. The molecule has 4 heteroatoms. The van der Waals surface area contributed by atoms with E-state index in [2.05, 4.69) is 33.8 Å². The van der Waals surface area contributed by atoms with Crippen LogP contribution in [0.4, 0.5) is 5.82 Å². The monoisotopic (exact) mass is 262 g/mol. The van der Waals surface area contributed by atoms with Gasteiger partial charge in [0.2, 0.25) is 0 Å². The summed E-state index contributed by atoms with van der Waals surface area (Å²) in [5, 5.41) is 0. The van der Waals surface area contributed by atoms with Gasteiger partial charge in [-0.15, -0.1) is 0 Å². The summed E-state index contributed by atoms with van der Waals surface area (Å²) < 4.78 is 0. The molecule has 1 unspecified atom stereocenters. The third-order valence-electron chi connectivity index (χ3n) is 3.92. The minimum absolute atomic E-state index is 0.662. The van der Waals surface area contributed by atoms with Crippen molar-refractivity contribution >= 4 is 5.82 Å². The van der Waals surface area contributed by atoms with Crippen molar-refractivity contribution < 1.29 is 0 Å². The van der Waals surface area contributed by atoms with Crippen molar-refractivity contribution in [3.05, 3.63) is 24.4 Å².